The molecule has 13 rings (SSSR count). The molecule has 0 radical (unpaired) electrons. The van der Waals surface area contributed by atoms with Gasteiger partial charge in [0.05, 0.1) is 11.8 Å². The minimum atomic E-state index is -0.561. The molecule has 3 nitrogen and oxygen atoms in total. The lowest BCUT2D eigenvalue weighted by molar-refractivity contribution is -0.139. The van der Waals surface area contributed by atoms with Crippen LogP contribution in [0.1, 0.15) is 5.56 Å². The van der Waals surface area contributed by atoms with E-state index in [1.807, 2.05) is 24.3 Å². The first-order chi connectivity index (χ1) is 27.1. The summed E-state index contributed by atoms with van der Waals surface area (Å²) in [4.78, 5) is 26.0. The molecule has 3 heteroatoms. The molecule has 0 saturated carbocycles. The highest BCUT2D eigenvalue weighted by Crippen LogP contribution is 2.48. The molecular formula is C52H30O3. The maximum Gasteiger partial charge on any atom is 0.210 e. The Bertz CT molecular complexity index is 3350. The number of carbonyl (C=O) groups excluding carboxylic acids is 2. The second-order valence-electron chi connectivity index (χ2n) is 15.0. The van der Waals surface area contributed by atoms with Crippen LogP contribution in [0.15, 0.2) is 174 Å². The fourth-order valence-electron chi connectivity index (χ4n) is 9.49. The average molecular weight is 703 g/mol. The van der Waals surface area contributed by atoms with Crippen LogP contribution in [0.2, 0.25) is 0 Å². The van der Waals surface area contributed by atoms with E-state index in [9.17, 15) is 9.59 Å². The van der Waals surface area contributed by atoms with Gasteiger partial charge in [0.15, 0.2) is 0 Å². The minimum absolute atomic E-state index is 0.312. The number of hydrogen-bond donors (Lipinski definition) is 0. The minimum Gasteiger partial charge on any atom is -0.456 e. The fourth-order valence-corrected chi connectivity index (χ4v) is 9.49. The Kier molecular flexibility index (Phi) is 6.19. The second-order valence-corrected chi connectivity index (χ2v) is 15.0. The third-order valence-electron chi connectivity index (χ3n) is 12.1. The third-order valence-corrected chi connectivity index (χ3v) is 12.1. The molecule has 55 heavy (non-hydrogen) atoms. The first-order valence-corrected chi connectivity index (χ1v) is 18.8. The lowest BCUT2D eigenvalue weighted by atomic mass is 9.71. The van der Waals surface area contributed by atoms with Crippen LogP contribution in [0.3, 0.4) is 0 Å². The van der Waals surface area contributed by atoms with Gasteiger partial charge in [0.25, 0.3) is 0 Å². The fraction of sp³-hybridized carbons (Fsp3) is 0.0385. The van der Waals surface area contributed by atoms with Gasteiger partial charge in [0.2, 0.25) is 11.6 Å². The number of hydrogen-bond acceptors (Lipinski definition) is 3. The molecule has 0 aliphatic heterocycles. The van der Waals surface area contributed by atoms with Gasteiger partial charge in [-0.3, -0.25) is 9.59 Å². The molecule has 3 aliphatic rings. The van der Waals surface area contributed by atoms with Gasteiger partial charge in [-0.2, -0.15) is 0 Å². The van der Waals surface area contributed by atoms with Crippen molar-refractivity contribution in [3.63, 3.8) is 0 Å². The summed E-state index contributed by atoms with van der Waals surface area (Å²) >= 11 is 0. The summed E-state index contributed by atoms with van der Waals surface area (Å²) in [5.74, 6) is -1.69. The van der Waals surface area contributed by atoms with E-state index in [0.29, 0.717) is 0 Å². The third kappa shape index (κ3) is 4.32. The predicted molar refractivity (Wildman–Crippen MR) is 225 cm³/mol. The smallest absolute Gasteiger partial charge is 0.210 e. The van der Waals surface area contributed by atoms with Gasteiger partial charge in [-0.1, -0.05) is 140 Å². The van der Waals surface area contributed by atoms with Gasteiger partial charge in [0.1, 0.15) is 11.2 Å². The summed E-state index contributed by atoms with van der Waals surface area (Å²) in [6.45, 7) is 0. The van der Waals surface area contributed by atoms with Crippen LogP contribution in [0, 0.1) is 11.8 Å². The predicted octanol–water partition coefficient (Wildman–Crippen LogP) is 13.0. The normalized spacial score (nSPS) is 16.8. The molecule has 1 aromatic heterocycles. The Morgan fingerprint density at radius 2 is 1.04 bits per heavy atom. The number of rotatable bonds is 4. The molecular weight excluding hydrogens is 673 g/mol. The maximum absolute atomic E-state index is 13.2. The van der Waals surface area contributed by atoms with Crippen LogP contribution in [0.25, 0.3) is 104 Å². The van der Waals surface area contributed by atoms with Crippen molar-refractivity contribution in [2.45, 2.75) is 0 Å². The number of fused-ring (bicyclic) bond motifs is 5. The Hall–Kier alpha value is -7.10. The molecule has 2 unspecified atom stereocenters. The van der Waals surface area contributed by atoms with E-state index in [2.05, 4.69) is 146 Å². The molecule has 2 atom stereocenters. The van der Waals surface area contributed by atoms with Gasteiger partial charge in [-0.15, -0.1) is 0 Å². The summed E-state index contributed by atoms with van der Waals surface area (Å²) in [6.07, 6.45) is 5.80. The molecule has 0 amide bonds. The van der Waals surface area contributed by atoms with Crippen LogP contribution < -0.4 is 0 Å². The molecule has 10 aromatic rings. The lowest BCUT2D eigenvalue weighted by Gasteiger charge is -2.30. The van der Waals surface area contributed by atoms with Crippen LogP contribution in [-0.4, -0.2) is 11.6 Å². The zero-order valence-electron chi connectivity index (χ0n) is 29.5. The van der Waals surface area contributed by atoms with E-state index in [1.54, 1.807) is 0 Å². The van der Waals surface area contributed by atoms with E-state index in [4.69, 9.17) is 4.42 Å². The monoisotopic (exact) mass is 702 g/mol. The number of furan rings is 1. The van der Waals surface area contributed by atoms with Crippen molar-refractivity contribution in [3.8, 4) is 33.4 Å². The molecule has 0 N–H and O–H groups in total. The Labute approximate surface area is 315 Å². The standard InChI is InChI=1S/C52H30O3/c53-51-34-17-22-43(52(51)54)45(25-34)46-28-44(30-7-2-1-3-8-30)41-24-23-40-37(18-13-31-14-21-42(46)50(41)49(31)40)33-16-20-39-38-19-15-32(26-47(38)55-48(39)27-33)36-12-6-10-29-9-4-5-11-35(29)36/h1-28,34,43H. The molecule has 3 aliphatic carbocycles. The Morgan fingerprint density at radius 1 is 0.400 bits per heavy atom. The summed E-state index contributed by atoms with van der Waals surface area (Å²) < 4.78 is 6.64. The van der Waals surface area contributed by atoms with Crippen LogP contribution in [-0.2, 0) is 9.59 Å². The van der Waals surface area contributed by atoms with Crippen LogP contribution in [0.5, 0.6) is 0 Å². The van der Waals surface area contributed by atoms with Crippen molar-refractivity contribution in [2.24, 2.45) is 11.8 Å². The zero-order valence-corrected chi connectivity index (χ0v) is 29.5. The SMILES string of the molecule is O=C1C(=O)C2C=CC1C=C2c1cc(-c2ccccc2)c2ccc3c(-c4ccc5c(c4)oc4cc(-c6cccc7ccccc67)ccc45)ccc4ccc1c2c43. The Balaban J connectivity index is 1.06. The molecule has 0 spiro atoms. The van der Waals surface area contributed by atoms with Crippen LogP contribution >= 0.6 is 0 Å². The molecule has 0 fully saturated rings. The number of carbonyl (C=O) groups is 2. The number of Topliss-reactive ketones (excluding diaryl/α,β-unsaturated/α-hetero) is 2. The zero-order chi connectivity index (χ0) is 36.4. The quantitative estimate of drug-likeness (QED) is 0.104. The highest BCUT2D eigenvalue weighted by Gasteiger charge is 2.40. The van der Waals surface area contributed by atoms with E-state index in [1.165, 1.54) is 27.1 Å². The largest absolute Gasteiger partial charge is 0.456 e. The number of allylic oxidation sites excluding steroid dienone is 4. The topological polar surface area (TPSA) is 47.3 Å². The van der Waals surface area contributed by atoms with E-state index in [0.717, 1.165) is 82.4 Å². The molecule has 0 saturated heterocycles. The first kappa shape index (κ1) is 30.4. The first-order valence-electron chi connectivity index (χ1n) is 18.8. The van der Waals surface area contributed by atoms with Crippen molar-refractivity contribution < 1.29 is 14.0 Å². The van der Waals surface area contributed by atoms with Gasteiger partial charge >= 0.3 is 0 Å². The van der Waals surface area contributed by atoms with Crippen molar-refractivity contribution in [1.82, 2.24) is 0 Å². The average Bonchev–Trinajstić information content (AvgIpc) is 3.61. The highest BCUT2D eigenvalue weighted by molar-refractivity contribution is 6.44. The Morgan fingerprint density at radius 3 is 1.82 bits per heavy atom. The van der Waals surface area contributed by atoms with Gasteiger partial charge in [0, 0.05) is 10.8 Å². The van der Waals surface area contributed by atoms with Gasteiger partial charge < -0.3 is 4.42 Å². The summed E-state index contributed by atoms with van der Waals surface area (Å²) in [6, 6.07) is 54.1. The second kappa shape index (κ2) is 11.2. The number of ketones is 2. The van der Waals surface area contributed by atoms with Crippen molar-refractivity contribution in [2.75, 3.05) is 0 Å². The van der Waals surface area contributed by atoms with Gasteiger partial charge in [-0.05, 0) is 118 Å². The maximum atomic E-state index is 13.2. The lowest BCUT2D eigenvalue weighted by Crippen LogP contribution is -2.36. The van der Waals surface area contributed by atoms with Crippen molar-refractivity contribution in [1.29, 1.82) is 0 Å². The van der Waals surface area contributed by atoms with Crippen LogP contribution in [0.4, 0.5) is 0 Å². The van der Waals surface area contributed by atoms with E-state index in [-0.39, 0.29) is 11.6 Å². The summed E-state index contributed by atoms with van der Waals surface area (Å²) in [7, 11) is 0. The van der Waals surface area contributed by atoms with E-state index >= 15 is 0 Å². The number of benzene rings is 9. The molecule has 1 heterocycles. The van der Waals surface area contributed by atoms with Crippen molar-refractivity contribution >= 4 is 82.2 Å². The molecule has 256 valence electrons. The van der Waals surface area contributed by atoms with E-state index < -0.39 is 11.8 Å². The summed E-state index contributed by atoms with van der Waals surface area (Å²) in [5, 5.41) is 11.6. The summed E-state index contributed by atoms with van der Waals surface area (Å²) in [5.41, 5.74) is 10.4. The van der Waals surface area contributed by atoms with Gasteiger partial charge in [-0.25, -0.2) is 0 Å². The van der Waals surface area contributed by atoms with Crippen molar-refractivity contribution in [3.05, 3.63) is 175 Å². The highest BCUT2D eigenvalue weighted by atomic mass is 16.3. The molecule has 9 aromatic carbocycles. The molecule has 2 bridgehead atoms.